The second-order valence-electron chi connectivity index (χ2n) is 4.29. The van der Waals surface area contributed by atoms with E-state index < -0.39 is 28.0 Å². The molecule has 1 aromatic rings. The summed E-state index contributed by atoms with van der Waals surface area (Å²) in [4.78, 5) is 22.2. The standard InChI is InChI=1S/C11H15NO6S2/c1-6(2)9(11(15)18-3)12-20(16,17)8-5-4-7(19-8)10(13)14/h4-6,9,12H,1-3H3,(H,13,14). The van der Waals surface area contributed by atoms with Crippen molar-refractivity contribution in [3.05, 3.63) is 17.0 Å². The van der Waals surface area contributed by atoms with Gasteiger partial charge in [0.2, 0.25) is 0 Å². The number of nitrogens with one attached hydrogen (secondary N) is 1. The number of carbonyl (C=O) groups is 2. The average molecular weight is 321 g/mol. The number of esters is 1. The largest absolute Gasteiger partial charge is 0.477 e. The third-order valence-corrected chi connectivity index (χ3v) is 5.47. The van der Waals surface area contributed by atoms with Crippen LogP contribution in [-0.4, -0.2) is 38.6 Å². The van der Waals surface area contributed by atoms with E-state index >= 15 is 0 Å². The molecule has 0 aliphatic carbocycles. The second kappa shape index (κ2) is 6.33. The lowest BCUT2D eigenvalue weighted by atomic mass is 10.1. The van der Waals surface area contributed by atoms with Crippen molar-refractivity contribution in [2.75, 3.05) is 7.11 Å². The molecule has 7 nitrogen and oxygen atoms in total. The van der Waals surface area contributed by atoms with Gasteiger partial charge < -0.3 is 9.84 Å². The van der Waals surface area contributed by atoms with E-state index in [1.807, 2.05) is 0 Å². The SMILES string of the molecule is COC(=O)C(NS(=O)(=O)c1ccc(C(=O)O)s1)C(C)C. The van der Waals surface area contributed by atoms with E-state index in [0.717, 1.165) is 0 Å². The zero-order valence-electron chi connectivity index (χ0n) is 11.1. The predicted molar refractivity (Wildman–Crippen MR) is 72.2 cm³/mol. The quantitative estimate of drug-likeness (QED) is 0.754. The summed E-state index contributed by atoms with van der Waals surface area (Å²) in [5, 5.41) is 8.78. The minimum atomic E-state index is -3.97. The Labute approximate surface area is 120 Å². The maximum Gasteiger partial charge on any atom is 0.345 e. The maximum atomic E-state index is 12.1. The molecule has 0 saturated heterocycles. The number of sulfonamides is 1. The number of ether oxygens (including phenoxy) is 1. The molecule has 0 aromatic carbocycles. The topological polar surface area (TPSA) is 110 Å². The molecule has 0 aliphatic heterocycles. The van der Waals surface area contributed by atoms with Crippen LogP contribution in [-0.2, 0) is 19.6 Å². The van der Waals surface area contributed by atoms with Gasteiger partial charge >= 0.3 is 11.9 Å². The number of hydrogen-bond acceptors (Lipinski definition) is 6. The van der Waals surface area contributed by atoms with Crippen molar-refractivity contribution in [3.8, 4) is 0 Å². The van der Waals surface area contributed by atoms with Crippen molar-refractivity contribution >= 4 is 33.3 Å². The van der Waals surface area contributed by atoms with E-state index in [0.29, 0.717) is 11.3 Å². The Morgan fingerprint density at radius 3 is 2.35 bits per heavy atom. The van der Waals surface area contributed by atoms with E-state index in [4.69, 9.17) is 5.11 Å². The molecule has 1 heterocycles. The monoisotopic (exact) mass is 321 g/mol. The number of rotatable bonds is 6. The van der Waals surface area contributed by atoms with Gasteiger partial charge in [0.15, 0.2) is 0 Å². The fourth-order valence-corrected chi connectivity index (χ4v) is 3.88. The molecule has 20 heavy (non-hydrogen) atoms. The Kier molecular flexibility index (Phi) is 5.26. The lowest BCUT2D eigenvalue weighted by Crippen LogP contribution is -2.44. The molecular weight excluding hydrogens is 306 g/mol. The molecule has 0 saturated carbocycles. The molecule has 1 unspecified atom stereocenters. The maximum absolute atomic E-state index is 12.1. The second-order valence-corrected chi connectivity index (χ2v) is 7.31. The molecule has 0 aliphatic rings. The predicted octanol–water partition coefficient (Wildman–Crippen LogP) is 0.922. The summed E-state index contributed by atoms with van der Waals surface area (Å²) >= 11 is 0.619. The van der Waals surface area contributed by atoms with Crippen LogP contribution in [0.5, 0.6) is 0 Å². The lowest BCUT2D eigenvalue weighted by Gasteiger charge is -2.19. The van der Waals surface area contributed by atoms with Crippen LogP contribution in [0.15, 0.2) is 16.3 Å². The van der Waals surface area contributed by atoms with Crippen LogP contribution >= 0.6 is 11.3 Å². The number of aromatic carboxylic acids is 1. The van der Waals surface area contributed by atoms with Crippen molar-refractivity contribution in [1.82, 2.24) is 4.72 Å². The van der Waals surface area contributed by atoms with Crippen LogP contribution in [0.25, 0.3) is 0 Å². The highest BCUT2D eigenvalue weighted by Crippen LogP contribution is 2.22. The summed E-state index contributed by atoms with van der Waals surface area (Å²) in [7, 11) is -2.80. The molecule has 0 bridgehead atoms. The van der Waals surface area contributed by atoms with Gasteiger partial charge in [-0.25, -0.2) is 13.2 Å². The zero-order chi connectivity index (χ0) is 15.5. The number of carboxylic acid groups (broad SMARTS) is 1. The van der Waals surface area contributed by atoms with Gasteiger partial charge in [0.05, 0.1) is 7.11 Å². The van der Waals surface area contributed by atoms with E-state index in [2.05, 4.69) is 9.46 Å². The van der Waals surface area contributed by atoms with Gasteiger partial charge in [-0.3, -0.25) is 4.79 Å². The third-order valence-electron chi connectivity index (χ3n) is 2.46. The molecular formula is C11H15NO6S2. The van der Waals surface area contributed by atoms with Crippen LogP contribution < -0.4 is 4.72 Å². The van der Waals surface area contributed by atoms with Crippen LogP contribution in [0.4, 0.5) is 0 Å². The van der Waals surface area contributed by atoms with E-state index in [1.54, 1.807) is 13.8 Å². The third kappa shape index (κ3) is 3.78. The summed E-state index contributed by atoms with van der Waals surface area (Å²) in [5.74, 6) is -2.21. The normalized spacial score (nSPS) is 13.2. The Balaban J connectivity index is 3.03. The van der Waals surface area contributed by atoms with Gasteiger partial charge in [-0.2, -0.15) is 4.72 Å². The average Bonchev–Trinajstić information content (AvgIpc) is 2.85. The van der Waals surface area contributed by atoms with Crippen LogP contribution in [0, 0.1) is 5.92 Å². The smallest absolute Gasteiger partial charge is 0.345 e. The first-order chi connectivity index (χ1) is 9.19. The fraction of sp³-hybridized carbons (Fsp3) is 0.455. The molecule has 1 rings (SSSR count). The van der Waals surface area contributed by atoms with E-state index in [-0.39, 0.29) is 15.0 Å². The lowest BCUT2D eigenvalue weighted by molar-refractivity contribution is -0.143. The number of thiophene rings is 1. The molecule has 1 aromatic heterocycles. The van der Waals surface area contributed by atoms with Crippen molar-refractivity contribution in [1.29, 1.82) is 0 Å². The highest BCUT2D eigenvalue weighted by atomic mass is 32.2. The molecule has 2 N–H and O–H groups in total. The van der Waals surface area contributed by atoms with Crippen molar-refractivity contribution in [2.45, 2.75) is 24.1 Å². The van der Waals surface area contributed by atoms with Gasteiger partial charge in [-0.15, -0.1) is 11.3 Å². The number of methoxy groups -OCH3 is 1. The number of hydrogen-bond donors (Lipinski definition) is 2. The fourth-order valence-electron chi connectivity index (χ4n) is 1.39. The minimum absolute atomic E-state index is 0.0930. The molecule has 0 fully saturated rings. The molecule has 0 amide bonds. The first-order valence-corrected chi connectivity index (χ1v) is 7.92. The summed E-state index contributed by atoms with van der Waals surface area (Å²) in [6, 6.07) is 1.36. The van der Waals surface area contributed by atoms with Crippen molar-refractivity contribution in [3.63, 3.8) is 0 Å². The highest BCUT2D eigenvalue weighted by Gasteiger charge is 2.30. The Morgan fingerprint density at radius 2 is 1.95 bits per heavy atom. The molecule has 0 radical (unpaired) electrons. The molecule has 1 atom stereocenters. The van der Waals surface area contributed by atoms with Crippen LogP contribution in [0.1, 0.15) is 23.5 Å². The molecule has 0 spiro atoms. The van der Waals surface area contributed by atoms with Gasteiger partial charge in [-0.1, -0.05) is 13.8 Å². The van der Waals surface area contributed by atoms with Gasteiger partial charge in [0, 0.05) is 0 Å². The van der Waals surface area contributed by atoms with E-state index in [1.165, 1.54) is 19.2 Å². The first kappa shape index (κ1) is 16.6. The van der Waals surface area contributed by atoms with E-state index in [9.17, 15) is 18.0 Å². The van der Waals surface area contributed by atoms with Gasteiger partial charge in [0.25, 0.3) is 10.0 Å². The van der Waals surface area contributed by atoms with Gasteiger partial charge in [0.1, 0.15) is 15.1 Å². The van der Waals surface area contributed by atoms with Crippen LogP contribution in [0.3, 0.4) is 0 Å². The summed E-state index contributed by atoms with van der Waals surface area (Å²) in [6.07, 6.45) is 0. The summed E-state index contributed by atoms with van der Waals surface area (Å²) in [6.45, 7) is 3.34. The number of carbonyl (C=O) groups excluding carboxylic acids is 1. The first-order valence-electron chi connectivity index (χ1n) is 5.62. The zero-order valence-corrected chi connectivity index (χ0v) is 12.7. The summed E-state index contributed by atoms with van der Waals surface area (Å²) < 4.78 is 30.8. The van der Waals surface area contributed by atoms with Gasteiger partial charge in [-0.05, 0) is 18.1 Å². The Hall–Kier alpha value is -1.45. The molecule has 112 valence electrons. The number of carboxylic acids is 1. The minimum Gasteiger partial charge on any atom is -0.477 e. The Morgan fingerprint density at radius 1 is 1.35 bits per heavy atom. The molecule has 9 heteroatoms. The Bertz CT molecular complexity index is 604. The highest BCUT2D eigenvalue weighted by molar-refractivity contribution is 7.91. The van der Waals surface area contributed by atoms with Crippen molar-refractivity contribution in [2.24, 2.45) is 5.92 Å². The van der Waals surface area contributed by atoms with Crippen molar-refractivity contribution < 1.29 is 27.9 Å². The summed E-state index contributed by atoms with van der Waals surface area (Å²) in [5.41, 5.74) is 0. The van der Waals surface area contributed by atoms with Crippen LogP contribution in [0.2, 0.25) is 0 Å².